The topological polar surface area (TPSA) is 63.2 Å². The fourth-order valence-corrected chi connectivity index (χ4v) is 3.95. The fourth-order valence-electron chi connectivity index (χ4n) is 2.74. The Hall–Kier alpha value is -2.50. The van der Waals surface area contributed by atoms with Crippen molar-refractivity contribution in [2.24, 2.45) is 0 Å². The van der Waals surface area contributed by atoms with Crippen LogP contribution in [0.2, 0.25) is 5.15 Å². The van der Waals surface area contributed by atoms with E-state index in [1.165, 1.54) is 24.5 Å². The molecule has 3 aromatic rings. The molecule has 31 heavy (non-hydrogen) atoms. The van der Waals surface area contributed by atoms with Crippen molar-refractivity contribution in [2.45, 2.75) is 13.1 Å². The third-order valence-electron chi connectivity index (χ3n) is 4.13. The van der Waals surface area contributed by atoms with Crippen LogP contribution in [0.4, 0.5) is 33.5 Å². The molecule has 0 bridgehead atoms. The van der Waals surface area contributed by atoms with Gasteiger partial charge in [-0.05, 0) is 25.1 Å². The summed E-state index contributed by atoms with van der Waals surface area (Å²) in [4.78, 5) is 14.4. The number of nitrogens with zero attached hydrogens (tertiary/aromatic N) is 4. The number of halogens is 5. The number of likely N-dealkylation sites (N-methyl/N-ethyl adjacent to an activating group) is 1. The van der Waals surface area contributed by atoms with Crippen LogP contribution in [0.15, 0.2) is 24.3 Å². The van der Waals surface area contributed by atoms with Crippen molar-refractivity contribution in [3.8, 4) is 11.3 Å². The van der Waals surface area contributed by atoms with Gasteiger partial charge in [-0.1, -0.05) is 22.9 Å². The second-order valence-electron chi connectivity index (χ2n) is 6.56. The second kappa shape index (κ2) is 9.33. The number of methoxy groups -OCH3 is 1. The van der Waals surface area contributed by atoms with E-state index in [-0.39, 0.29) is 16.4 Å². The van der Waals surface area contributed by atoms with E-state index in [0.717, 1.165) is 12.1 Å². The van der Waals surface area contributed by atoms with E-state index in [9.17, 15) is 17.6 Å². The third-order valence-corrected chi connectivity index (χ3v) is 5.41. The number of hydrogen-bond acceptors (Lipinski definition) is 7. The molecule has 0 aliphatic carbocycles. The van der Waals surface area contributed by atoms with Crippen LogP contribution in [-0.2, 0) is 10.9 Å². The largest absolute Gasteiger partial charge is 0.416 e. The number of ether oxygens (including phenoxy) is 1. The molecule has 0 saturated carbocycles. The van der Waals surface area contributed by atoms with Crippen molar-refractivity contribution < 1.29 is 22.3 Å². The summed E-state index contributed by atoms with van der Waals surface area (Å²) < 4.78 is 58.7. The molecule has 2 heterocycles. The summed E-state index contributed by atoms with van der Waals surface area (Å²) in [5.74, 6) is -0.195. The minimum Gasteiger partial charge on any atom is -0.383 e. The molecule has 0 unspecified atom stereocenters. The van der Waals surface area contributed by atoms with E-state index in [1.807, 2.05) is 0 Å². The molecule has 0 aliphatic heterocycles. The number of hydrogen-bond donors (Lipinski definition) is 1. The predicted octanol–water partition coefficient (Wildman–Crippen LogP) is 5.55. The van der Waals surface area contributed by atoms with Gasteiger partial charge in [0.2, 0.25) is 0 Å². The van der Waals surface area contributed by atoms with Gasteiger partial charge in [0.05, 0.1) is 12.2 Å². The zero-order valence-corrected chi connectivity index (χ0v) is 18.3. The van der Waals surface area contributed by atoms with E-state index in [4.69, 9.17) is 16.3 Å². The summed E-state index contributed by atoms with van der Waals surface area (Å²) in [7, 11) is 3.28. The first-order valence-electron chi connectivity index (χ1n) is 8.94. The molecule has 2 aromatic heterocycles. The molecule has 0 radical (unpaired) electrons. The fraction of sp³-hybridized carbons (Fsp3) is 0.316. The van der Waals surface area contributed by atoms with Gasteiger partial charge in [-0.15, -0.1) is 0 Å². The van der Waals surface area contributed by atoms with Gasteiger partial charge in [0.1, 0.15) is 33.3 Å². The number of aromatic nitrogens is 3. The van der Waals surface area contributed by atoms with Gasteiger partial charge < -0.3 is 15.0 Å². The van der Waals surface area contributed by atoms with Gasteiger partial charge in [-0.25, -0.2) is 19.3 Å². The predicted molar refractivity (Wildman–Crippen MR) is 113 cm³/mol. The maximum absolute atomic E-state index is 14.0. The molecule has 0 spiro atoms. The summed E-state index contributed by atoms with van der Waals surface area (Å²) in [5.41, 5.74) is -0.880. The zero-order chi connectivity index (χ0) is 22.8. The highest BCUT2D eigenvalue weighted by atomic mass is 35.5. The highest BCUT2D eigenvalue weighted by Crippen LogP contribution is 2.41. The van der Waals surface area contributed by atoms with Gasteiger partial charge >= 0.3 is 6.18 Å². The standard InChI is InChI=1S/C19H18ClF4N5OS/c1-10-25-14(20)9-15(26-10)27-18-28-16(17(31-18)29(2)4-5-30-3)11-6-12(19(22,23)24)8-13(21)7-11/h6-9H,4-5H2,1-3H3,(H,25,26,27,28). The number of benzene rings is 1. The molecule has 166 valence electrons. The first kappa shape index (κ1) is 23.2. The SMILES string of the molecule is COCCN(C)c1sc(Nc2cc(Cl)nc(C)n2)nc1-c1cc(F)cc(C(F)(F)F)c1. The molecular formula is C19H18ClF4N5OS. The average Bonchev–Trinajstić information content (AvgIpc) is 3.08. The molecule has 0 aliphatic rings. The van der Waals surface area contributed by atoms with Crippen LogP contribution >= 0.6 is 22.9 Å². The summed E-state index contributed by atoms with van der Waals surface area (Å²) in [6.07, 6.45) is -4.69. The Morgan fingerprint density at radius 1 is 1.16 bits per heavy atom. The normalized spacial score (nSPS) is 11.6. The number of rotatable bonds is 7. The number of alkyl halides is 3. The average molecular weight is 476 g/mol. The summed E-state index contributed by atoms with van der Waals surface area (Å²) in [6, 6.07) is 3.84. The van der Waals surface area contributed by atoms with Crippen LogP contribution in [0.25, 0.3) is 11.3 Å². The number of thiazole rings is 1. The van der Waals surface area contributed by atoms with E-state index in [1.54, 1.807) is 18.9 Å². The van der Waals surface area contributed by atoms with Crippen LogP contribution in [0.5, 0.6) is 0 Å². The van der Waals surface area contributed by atoms with Crippen molar-refractivity contribution in [3.05, 3.63) is 46.6 Å². The number of aryl methyl sites for hydroxylation is 1. The van der Waals surface area contributed by atoms with Crippen LogP contribution in [-0.4, -0.2) is 42.3 Å². The quantitative estimate of drug-likeness (QED) is 0.357. The summed E-state index contributed by atoms with van der Waals surface area (Å²) >= 11 is 7.14. The Morgan fingerprint density at radius 3 is 2.55 bits per heavy atom. The molecule has 0 amide bonds. The van der Waals surface area contributed by atoms with Gasteiger partial charge in [0.15, 0.2) is 5.13 Å². The van der Waals surface area contributed by atoms with Crippen LogP contribution < -0.4 is 10.2 Å². The van der Waals surface area contributed by atoms with E-state index in [0.29, 0.717) is 41.0 Å². The van der Waals surface area contributed by atoms with E-state index < -0.39 is 17.6 Å². The molecular weight excluding hydrogens is 458 g/mol. The molecule has 1 N–H and O–H groups in total. The molecule has 1 aromatic carbocycles. The van der Waals surface area contributed by atoms with Gasteiger partial charge in [-0.2, -0.15) is 13.2 Å². The Bertz CT molecular complexity index is 1060. The first-order valence-corrected chi connectivity index (χ1v) is 10.1. The third kappa shape index (κ3) is 5.81. The minimum atomic E-state index is -4.69. The first-order chi connectivity index (χ1) is 14.6. The Balaban J connectivity index is 2.07. The van der Waals surface area contributed by atoms with Crippen molar-refractivity contribution in [1.29, 1.82) is 0 Å². The van der Waals surface area contributed by atoms with Crippen molar-refractivity contribution >= 4 is 38.9 Å². The highest BCUT2D eigenvalue weighted by molar-refractivity contribution is 7.20. The molecule has 12 heteroatoms. The molecule has 0 atom stereocenters. The van der Waals surface area contributed by atoms with Gasteiger partial charge in [-0.3, -0.25) is 0 Å². The van der Waals surface area contributed by atoms with E-state index >= 15 is 0 Å². The van der Waals surface area contributed by atoms with Gasteiger partial charge in [0, 0.05) is 32.3 Å². The van der Waals surface area contributed by atoms with Crippen LogP contribution in [0, 0.1) is 12.7 Å². The summed E-state index contributed by atoms with van der Waals surface area (Å²) in [6.45, 7) is 2.50. The minimum absolute atomic E-state index is 0.00722. The van der Waals surface area contributed by atoms with Crippen molar-refractivity contribution in [1.82, 2.24) is 15.0 Å². The molecule has 0 fully saturated rings. The monoisotopic (exact) mass is 475 g/mol. The number of anilines is 3. The van der Waals surface area contributed by atoms with Crippen LogP contribution in [0.1, 0.15) is 11.4 Å². The summed E-state index contributed by atoms with van der Waals surface area (Å²) in [5, 5.41) is 4.10. The maximum atomic E-state index is 14.0. The lowest BCUT2D eigenvalue weighted by atomic mass is 10.1. The van der Waals surface area contributed by atoms with E-state index in [2.05, 4.69) is 20.3 Å². The van der Waals surface area contributed by atoms with Crippen LogP contribution in [0.3, 0.4) is 0 Å². The van der Waals surface area contributed by atoms with Crippen molar-refractivity contribution in [2.75, 3.05) is 37.5 Å². The van der Waals surface area contributed by atoms with Crippen molar-refractivity contribution in [3.63, 3.8) is 0 Å². The lowest BCUT2D eigenvalue weighted by Crippen LogP contribution is -2.21. The Labute approximate surface area is 184 Å². The smallest absolute Gasteiger partial charge is 0.383 e. The molecule has 6 nitrogen and oxygen atoms in total. The molecule has 3 rings (SSSR count). The lowest BCUT2D eigenvalue weighted by Gasteiger charge is -2.18. The maximum Gasteiger partial charge on any atom is 0.416 e. The second-order valence-corrected chi connectivity index (χ2v) is 7.93. The Kier molecular flexibility index (Phi) is 6.97. The number of nitrogens with one attached hydrogen (secondary N) is 1. The lowest BCUT2D eigenvalue weighted by molar-refractivity contribution is -0.137. The Morgan fingerprint density at radius 2 is 1.90 bits per heavy atom. The molecule has 0 saturated heterocycles. The van der Waals surface area contributed by atoms with Gasteiger partial charge in [0.25, 0.3) is 0 Å². The highest BCUT2D eigenvalue weighted by Gasteiger charge is 2.32. The zero-order valence-electron chi connectivity index (χ0n) is 16.7.